The highest BCUT2D eigenvalue weighted by molar-refractivity contribution is 5.94. The zero-order valence-electron chi connectivity index (χ0n) is 12.2. The molecule has 1 saturated heterocycles. The van der Waals surface area contributed by atoms with Crippen LogP contribution in [0.1, 0.15) is 37.0 Å². The van der Waals surface area contributed by atoms with Crippen LogP contribution >= 0.6 is 0 Å². The quantitative estimate of drug-likeness (QED) is 0.773. The summed E-state index contributed by atoms with van der Waals surface area (Å²) < 4.78 is 10.7. The highest BCUT2D eigenvalue weighted by Gasteiger charge is 2.24. The zero-order chi connectivity index (χ0) is 14.4. The number of ether oxygens (including phenoxy) is 2. The molecule has 0 saturated carbocycles. The van der Waals surface area contributed by atoms with Crippen LogP contribution in [-0.4, -0.2) is 43.4 Å². The molecule has 5 heteroatoms. The average molecular weight is 278 g/mol. The lowest BCUT2D eigenvalue weighted by Gasteiger charge is -2.33. The second-order valence-electron chi connectivity index (χ2n) is 4.74. The van der Waals surface area contributed by atoms with Gasteiger partial charge in [0.15, 0.2) is 0 Å². The molecule has 0 atom stereocenters. The Kier molecular flexibility index (Phi) is 5.35. The maximum absolute atomic E-state index is 12.0. The van der Waals surface area contributed by atoms with Crippen LogP contribution in [0.15, 0.2) is 18.3 Å². The van der Waals surface area contributed by atoms with Crippen LogP contribution in [0.2, 0.25) is 0 Å². The summed E-state index contributed by atoms with van der Waals surface area (Å²) in [7, 11) is 0. The number of carbonyl (C=O) groups is 1. The van der Waals surface area contributed by atoms with Gasteiger partial charge in [-0.1, -0.05) is 0 Å². The van der Waals surface area contributed by atoms with Crippen molar-refractivity contribution in [3.8, 4) is 0 Å². The molecule has 0 bridgehead atoms. The average Bonchev–Trinajstić information content (AvgIpc) is 2.49. The summed E-state index contributed by atoms with van der Waals surface area (Å²) in [6, 6.07) is 3.54. The molecule has 5 nitrogen and oxygen atoms in total. The first-order chi connectivity index (χ1) is 9.76. The second-order valence-corrected chi connectivity index (χ2v) is 4.74. The molecule has 110 valence electrons. The Morgan fingerprint density at radius 3 is 2.75 bits per heavy atom. The number of hydrogen-bond acceptors (Lipinski definition) is 5. The van der Waals surface area contributed by atoms with E-state index >= 15 is 0 Å². The van der Waals surface area contributed by atoms with Crippen LogP contribution in [0.5, 0.6) is 0 Å². The van der Waals surface area contributed by atoms with Gasteiger partial charge in [0.1, 0.15) is 11.4 Å². The van der Waals surface area contributed by atoms with Gasteiger partial charge in [0.05, 0.1) is 12.7 Å². The van der Waals surface area contributed by atoms with Crippen LogP contribution in [0.4, 0.5) is 5.82 Å². The minimum atomic E-state index is -0.303. The summed E-state index contributed by atoms with van der Waals surface area (Å²) in [5.41, 5.74) is 0.546. The lowest BCUT2D eigenvalue weighted by molar-refractivity contribution is 0.0456. The van der Waals surface area contributed by atoms with Gasteiger partial charge in [-0.05, 0) is 38.8 Å². The van der Waals surface area contributed by atoms with E-state index in [1.807, 2.05) is 13.8 Å². The maximum Gasteiger partial charge on any atom is 0.341 e. The lowest BCUT2D eigenvalue weighted by Crippen LogP contribution is -2.38. The van der Waals surface area contributed by atoms with E-state index < -0.39 is 0 Å². The van der Waals surface area contributed by atoms with Crippen molar-refractivity contribution in [2.24, 2.45) is 0 Å². The number of nitrogens with zero attached hydrogens (tertiary/aromatic N) is 2. The number of esters is 1. The van der Waals surface area contributed by atoms with Gasteiger partial charge in [-0.2, -0.15) is 0 Å². The summed E-state index contributed by atoms with van der Waals surface area (Å²) in [6.45, 7) is 6.66. The number of pyridine rings is 1. The summed E-state index contributed by atoms with van der Waals surface area (Å²) in [4.78, 5) is 18.5. The second kappa shape index (κ2) is 7.24. The van der Waals surface area contributed by atoms with Gasteiger partial charge >= 0.3 is 5.97 Å². The molecule has 0 unspecified atom stereocenters. The van der Waals surface area contributed by atoms with Crippen LogP contribution in [0, 0.1) is 0 Å². The lowest BCUT2D eigenvalue weighted by atomic mass is 10.1. The summed E-state index contributed by atoms with van der Waals surface area (Å²) in [6.07, 6.45) is 3.97. The molecule has 1 fully saturated rings. The molecular formula is C15H22N2O3. The fourth-order valence-electron chi connectivity index (χ4n) is 2.49. The zero-order valence-corrected chi connectivity index (χ0v) is 12.2. The predicted octanol–water partition coefficient (Wildman–Crippen LogP) is 2.26. The molecule has 0 aliphatic carbocycles. The van der Waals surface area contributed by atoms with Gasteiger partial charge in [0, 0.05) is 25.9 Å². The van der Waals surface area contributed by atoms with Crippen molar-refractivity contribution in [2.45, 2.75) is 32.8 Å². The van der Waals surface area contributed by atoms with Crippen LogP contribution < -0.4 is 4.90 Å². The normalized spacial score (nSPS) is 16.2. The Bertz CT molecular complexity index is 442. The van der Waals surface area contributed by atoms with E-state index in [1.165, 1.54) is 0 Å². The number of rotatable bonds is 5. The van der Waals surface area contributed by atoms with Gasteiger partial charge in [-0.15, -0.1) is 0 Å². The van der Waals surface area contributed by atoms with Gasteiger partial charge in [0.25, 0.3) is 0 Å². The topological polar surface area (TPSA) is 51.7 Å². The molecule has 0 aromatic carbocycles. The van der Waals surface area contributed by atoms with E-state index in [-0.39, 0.29) is 5.97 Å². The molecule has 1 aliphatic rings. The molecule has 2 heterocycles. The third kappa shape index (κ3) is 3.48. The van der Waals surface area contributed by atoms with E-state index in [0.29, 0.717) is 18.3 Å². The van der Waals surface area contributed by atoms with Crippen molar-refractivity contribution in [3.63, 3.8) is 0 Å². The van der Waals surface area contributed by atoms with Gasteiger partial charge in [-0.25, -0.2) is 9.78 Å². The summed E-state index contributed by atoms with van der Waals surface area (Å²) in [5.74, 6) is 0.420. The van der Waals surface area contributed by atoms with Crippen molar-refractivity contribution in [3.05, 3.63) is 23.9 Å². The molecule has 0 N–H and O–H groups in total. The first-order valence-electron chi connectivity index (χ1n) is 7.25. The first-order valence-corrected chi connectivity index (χ1v) is 7.25. The van der Waals surface area contributed by atoms with E-state index in [1.54, 1.807) is 18.3 Å². The van der Waals surface area contributed by atoms with Crippen molar-refractivity contribution >= 4 is 11.8 Å². The van der Waals surface area contributed by atoms with Crippen LogP contribution in [-0.2, 0) is 9.47 Å². The van der Waals surface area contributed by atoms with Crippen molar-refractivity contribution in [2.75, 3.05) is 31.2 Å². The minimum absolute atomic E-state index is 0.303. The Labute approximate surface area is 119 Å². The third-order valence-corrected chi connectivity index (χ3v) is 3.43. The van der Waals surface area contributed by atoms with Crippen molar-refractivity contribution in [1.82, 2.24) is 4.98 Å². The van der Waals surface area contributed by atoms with Gasteiger partial charge < -0.3 is 14.4 Å². The van der Waals surface area contributed by atoms with E-state index in [0.717, 1.165) is 38.4 Å². The fraction of sp³-hybridized carbons (Fsp3) is 0.600. The molecule has 0 amide bonds. The van der Waals surface area contributed by atoms with E-state index in [4.69, 9.17) is 9.47 Å². The highest BCUT2D eigenvalue weighted by Crippen LogP contribution is 2.23. The maximum atomic E-state index is 12.0. The van der Waals surface area contributed by atoms with E-state index in [2.05, 4.69) is 9.88 Å². The molecule has 20 heavy (non-hydrogen) atoms. The predicted molar refractivity (Wildman–Crippen MR) is 77.1 cm³/mol. The summed E-state index contributed by atoms with van der Waals surface area (Å²) >= 11 is 0. The number of anilines is 1. The summed E-state index contributed by atoms with van der Waals surface area (Å²) in [5, 5.41) is 0. The molecule has 1 aliphatic heterocycles. The fourth-order valence-corrected chi connectivity index (χ4v) is 2.49. The van der Waals surface area contributed by atoms with Crippen LogP contribution in [0.3, 0.4) is 0 Å². The number of piperidine rings is 1. The van der Waals surface area contributed by atoms with Gasteiger partial charge in [0.2, 0.25) is 0 Å². The Morgan fingerprint density at radius 1 is 1.35 bits per heavy atom. The van der Waals surface area contributed by atoms with Crippen LogP contribution in [0.25, 0.3) is 0 Å². The standard InChI is InChI=1S/C15H22N2O3/c1-3-19-12-7-10-17(11-8-12)14-13(6-5-9-16-14)15(18)20-4-2/h5-6,9,12H,3-4,7-8,10-11H2,1-2H3. The SMILES string of the molecule is CCOC(=O)c1cccnc1N1CCC(OCC)CC1. The Balaban J connectivity index is 2.08. The molecular weight excluding hydrogens is 256 g/mol. The minimum Gasteiger partial charge on any atom is -0.462 e. The molecule has 1 aromatic rings. The first kappa shape index (κ1) is 14.8. The van der Waals surface area contributed by atoms with Gasteiger partial charge in [-0.3, -0.25) is 0 Å². The third-order valence-electron chi connectivity index (χ3n) is 3.43. The number of carbonyl (C=O) groups excluding carboxylic acids is 1. The monoisotopic (exact) mass is 278 g/mol. The Morgan fingerprint density at radius 2 is 2.10 bits per heavy atom. The molecule has 0 radical (unpaired) electrons. The van der Waals surface area contributed by atoms with Crippen molar-refractivity contribution in [1.29, 1.82) is 0 Å². The molecule has 1 aromatic heterocycles. The number of hydrogen-bond donors (Lipinski definition) is 0. The largest absolute Gasteiger partial charge is 0.462 e. The molecule has 0 spiro atoms. The smallest absolute Gasteiger partial charge is 0.341 e. The molecule has 2 rings (SSSR count). The van der Waals surface area contributed by atoms with E-state index in [9.17, 15) is 4.79 Å². The van der Waals surface area contributed by atoms with Crippen molar-refractivity contribution < 1.29 is 14.3 Å². The highest BCUT2D eigenvalue weighted by atomic mass is 16.5. The Hall–Kier alpha value is -1.62. The number of aromatic nitrogens is 1.